The van der Waals surface area contributed by atoms with Crippen LogP contribution in [0.15, 0.2) is 53.7 Å². The molecule has 2 amide bonds. The van der Waals surface area contributed by atoms with E-state index in [1.165, 1.54) is 10.5 Å². The number of benzene rings is 2. The van der Waals surface area contributed by atoms with Crippen molar-refractivity contribution in [3.63, 3.8) is 0 Å². The summed E-state index contributed by atoms with van der Waals surface area (Å²) in [5, 5.41) is 3.40. The number of nitrogens with one attached hydrogen (secondary N) is 1. The molecular weight excluding hydrogens is 451 g/mol. The van der Waals surface area contributed by atoms with Gasteiger partial charge in [-0.1, -0.05) is 61.3 Å². The van der Waals surface area contributed by atoms with Crippen molar-refractivity contribution in [3.05, 3.63) is 74.9 Å². The summed E-state index contributed by atoms with van der Waals surface area (Å²) in [5.41, 5.74) is 2.33. The Morgan fingerprint density at radius 2 is 1.84 bits per heavy atom. The Morgan fingerprint density at radius 3 is 2.47 bits per heavy atom. The van der Waals surface area contributed by atoms with E-state index in [0.717, 1.165) is 0 Å². The van der Waals surface area contributed by atoms with Gasteiger partial charge in [0.2, 0.25) is 0 Å². The Kier molecular flexibility index (Phi) is 7.69. The molecule has 0 spiro atoms. The number of esters is 1. The zero-order valence-corrected chi connectivity index (χ0v) is 20.0. The van der Waals surface area contributed by atoms with Crippen molar-refractivity contribution >= 4 is 35.2 Å². The van der Waals surface area contributed by atoms with Gasteiger partial charge in [0.15, 0.2) is 0 Å². The molecule has 1 atom stereocenters. The second kappa shape index (κ2) is 10.3. The lowest BCUT2D eigenvalue weighted by molar-refractivity contribution is -0.139. The predicted molar refractivity (Wildman–Crippen MR) is 125 cm³/mol. The number of carbonyl (C=O) groups is 2. The first kappa shape index (κ1) is 24.0. The smallest absolute Gasteiger partial charge is 0.338 e. The van der Waals surface area contributed by atoms with Gasteiger partial charge in [0.25, 0.3) is 0 Å². The van der Waals surface area contributed by atoms with Crippen LogP contribution in [-0.4, -0.2) is 37.2 Å². The van der Waals surface area contributed by atoms with Crippen LogP contribution in [0.5, 0.6) is 5.75 Å². The molecule has 0 aliphatic carbocycles. The predicted octanol–water partition coefficient (Wildman–Crippen LogP) is 5.71. The summed E-state index contributed by atoms with van der Waals surface area (Å²) in [4.78, 5) is 27.1. The van der Waals surface area contributed by atoms with Gasteiger partial charge in [0.1, 0.15) is 12.4 Å². The lowest BCUT2D eigenvalue weighted by Gasteiger charge is -2.34. The lowest BCUT2D eigenvalue weighted by atomic mass is 9.94. The standard InChI is InChI=1S/C24H26Cl2N2O4/c1-5-31-23(29)20-19(13-32-16-11-9-15(10-12-16)14(2)3)28(4)24(30)27-22(20)17-7-6-8-18(25)21(17)26/h6-12,14,22H,5,13H2,1-4H3,(H,27,30)/t22-/m1/s1. The molecule has 0 saturated heterocycles. The van der Waals surface area contributed by atoms with Gasteiger partial charge in [-0.25, -0.2) is 9.59 Å². The van der Waals surface area contributed by atoms with Crippen LogP contribution in [0.2, 0.25) is 10.0 Å². The number of amides is 2. The van der Waals surface area contributed by atoms with Gasteiger partial charge in [-0.15, -0.1) is 0 Å². The number of hydrogen-bond acceptors (Lipinski definition) is 4. The highest BCUT2D eigenvalue weighted by molar-refractivity contribution is 6.42. The molecule has 8 heteroatoms. The Hall–Kier alpha value is -2.70. The van der Waals surface area contributed by atoms with Crippen LogP contribution in [0.1, 0.15) is 43.9 Å². The highest BCUT2D eigenvalue weighted by atomic mass is 35.5. The summed E-state index contributed by atoms with van der Waals surface area (Å²) in [7, 11) is 1.57. The minimum atomic E-state index is -0.828. The van der Waals surface area contributed by atoms with E-state index in [4.69, 9.17) is 32.7 Å². The van der Waals surface area contributed by atoms with Gasteiger partial charge in [-0.3, -0.25) is 4.90 Å². The average Bonchev–Trinajstić information content (AvgIpc) is 2.76. The van der Waals surface area contributed by atoms with Crippen LogP contribution >= 0.6 is 23.2 Å². The molecule has 1 N–H and O–H groups in total. The highest BCUT2D eigenvalue weighted by Crippen LogP contribution is 2.37. The van der Waals surface area contributed by atoms with Crippen LogP contribution in [-0.2, 0) is 9.53 Å². The molecule has 0 saturated carbocycles. The second-order valence-electron chi connectivity index (χ2n) is 7.68. The molecule has 2 aromatic rings. The van der Waals surface area contributed by atoms with E-state index < -0.39 is 18.0 Å². The number of hydrogen-bond donors (Lipinski definition) is 1. The van der Waals surface area contributed by atoms with Crippen molar-refractivity contribution in [2.45, 2.75) is 32.7 Å². The van der Waals surface area contributed by atoms with E-state index in [9.17, 15) is 9.59 Å². The zero-order chi connectivity index (χ0) is 23.4. The normalized spacial score (nSPS) is 16.3. The van der Waals surface area contributed by atoms with Crippen molar-refractivity contribution < 1.29 is 19.1 Å². The monoisotopic (exact) mass is 476 g/mol. The van der Waals surface area contributed by atoms with Gasteiger partial charge in [0.05, 0.1) is 34.0 Å². The Bertz CT molecular complexity index is 1030. The number of likely N-dealkylation sites (N-methyl/N-ethyl adjacent to an activating group) is 1. The first-order valence-electron chi connectivity index (χ1n) is 10.4. The maximum atomic E-state index is 13.0. The highest BCUT2D eigenvalue weighted by Gasteiger charge is 2.38. The molecule has 1 aliphatic rings. The maximum absolute atomic E-state index is 13.0. The number of halogens is 2. The summed E-state index contributed by atoms with van der Waals surface area (Å²) in [6.45, 7) is 6.12. The van der Waals surface area contributed by atoms with E-state index in [2.05, 4.69) is 19.2 Å². The van der Waals surface area contributed by atoms with Crippen molar-refractivity contribution in [3.8, 4) is 5.75 Å². The minimum absolute atomic E-state index is 0.00617. The van der Waals surface area contributed by atoms with Crippen LogP contribution in [0.25, 0.3) is 0 Å². The van der Waals surface area contributed by atoms with E-state index in [1.54, 1.807) is 32.2 Å². The van der Waals surface area contributed by atoms with Crippen molar-refractivity contribution in [2.24, 2.45) is 0 Å². The van der Waals surface area contributed by atoms with E-state index >= 15 is 0 Å². The summed E-state index contributed by atoms with van der Waals surface area (Å²) >= 11 is 12.6. The number of nitrogens with zero attached hydrogens (tertiary/aromatic N) is 1. The number of ether oxygens (including phenoxy) is 2. The van der Waals surface area contributed by atoms with Crippen molar-refractivity contribution in [1.82, 2.24) is 10.2 Å². The minimum Gasteiger partial charge on any atom is -0.487 e. The van der Waals surface area contributed by atoms with E-state index in [-0.39, 0.29) is 23.8 Å². The summed E-state index contributed by atoms with van der Waals surface area (Å²) in [6.07, 6.45) is 0. The van der Waals surface area contributed by atoms with Gasteiger partial charge in [0, 0.05) is 7.05 Å². The first-order chi connectivity index (χ1) is 15.2. The molecule has 1 heterocycles. The van der Waals surface area contributed by atoms with Crippen LogP contribution < -0.4 is 10.1 Å². The number of rotatable bonds is 7. The molecule has 6 nitrogen and oxygen atoms in total. The van der Waals surface area contributed by atoms with Crippen molar-refractivity contribution in [1.29, 1.82) is 0 Å². The van der Waals surface area contributed by atoms with Crippen LogP contribution in [0, 0.1) is 0 Å². The first-order valence-corrected chi connectivity index (χ1v) is 11.1. The third-order valence-corrected chi connectivity index (χ3v) is 6.12. The molecule has 3 rings (SSSR count). The molecule has 0 aromatic heterocycles. The van der Waals surface area contributed by atoms with Crippen LogP contribution in [0.3, 0.4) is 0 Å². The number of carbonyl (C=O) groups excluding carboxylic acids is 2. The average molecular weight is 477 g/mol. The third-order valence-electron chi connectivity index (χ3n) is 5.29. The fraction of sp³-hybridized carbons (Fsp3) is 0.333. The van der Waals surface area contributed by atoms with Gasteiger partial charge < -0.3 is 14.8 Å². The van der Waals surface area contributed by atoms with Gasteiger partial charge in [-0.2, -0.15) is 0 Å². The molecule has 170 valence electrons. The molecule has 2 aromatic carbocycles. The fourth-order valence-electron chi connectivity index (χ4n) is 3.46. The van der Waals surface area contributed by atoms with E-state index in [0.29, 0.717) is 28.0 Å². The summed E-state index contributed by atoms with van der Waals surface area (Å²) in [6, 6.07) is 11.6. The zero-order valence-electron chi connectivity index (χ0n) is 18.4. The lowest BCUT2D eigenvalue weighted by Crippen LogP contribution is -2.48. The Labute approximate surface area is 198 Å². The van der Waals surface area contributed by atoms with Gasteiger partial charge >= 0.3 is 12.0 Å². The Balaban J connectivity index is 2.02. The maximum Gasteiger partial charge on any atom is 0.338 e. The quantitative estimate of drug-likeness (QED) is 0.519. The number of urea groups is 1. The molecule has 0 unspecified atom stereocenters. The van der Waals surface area contributed by atoms with Crippen LogP contribution in [0.4, 0.5) is 4.79 Å². The van der Waals surface area contributed by atoms with Crippen molar-refractivity contribution in [2.75, 3.05) is 20.3 Å². The molecule has 0 radical (unpaired) electrons. The SMILES string of the molecule is CCOC(=O)C1=C(COc2ccc(C(C)C)cc2)N(C)C(=O)N[C@@H]1c1cccc(Cl)c1Cl. The largest absolute Gasteiger partial charge is 0.487 e. The summed E-state index contributed by atoms with van der Waals surface area (Å²) < 4.78 is 11.3. The molecule has 0 bridgehead atoms. The Morgan fingerprint density at radius 1 is 1.16 bits per heavy atom. The van der Waals surface area contributed by atoms with Gasteiger partial charge in [-0.05, 0) is 42.2 Å². The summed E-state index contributed by atoms with van der Waals surface area (Å²) in [5.74, 6) is 0.467. The third kappa shape index (κ3) is 5.03. The molecular formula is C24H26Cl2N2O4. The van der Waals surface area contributed by atoms with E-state index in [1.807, 2.05) is 24.3 Å². The second-order valence-corrected chi connectivity index (χ2v) is 8.46. The molecule has 32 heavy (non-hydrogen) atoms. The fourth-order valence-corrected chi connectivity index (χ4v) is 3.88. The topological polar surface area (TPSA) is 67.9 Å². The molecule has 0 fully saturated rings. The molecule has 1 aliphatic heterocycles.